The Morgan fingerprint density at radius 3 is 2.37 bits per heavy atom. The molecule has 30 heavy (non-hydrogen) atoms. The molecule has 3 aromatic rings. The Labute approximate surface area is 180 Å². The van der Waals surface area contributed by atoms with Gasteiger partial charge in [-0.1, -0.05) is 41.9 Å². The van der Waals surface area contributed by atoms with E-state index >= 15 is 0 Å². The molecule has 6 nitrogen and oxygen atoms in total. The van der Waals surface area contributed by atoms with Gasteiger partial charge in [0.05, 0.1) is 17.8 Å². The van der Waals surface area contributed by atoms with Crippen LogP contribution >= 0.6 is 11.6 Å². The number of rotatable bonds is 6. The highest BCUT2D eigenvalue weighted by Crippen LogP contribution is 2.25. The Bertz CT molecular complexity index is 1020. The van der Waals surface area contributed by atoms with Crippen LogP contribution in [0.5, 0.6) is 0 Å². The second-order valence-electron chi connectivity index (χ2n) is 7.83. The van der Waals surface area contributed by atoms with Crippen LogP contribution in [0.3, 0.4) is 0 Å². The summed E-state index contributed by atoms with van der Waals surface area (Å²) in [4.78, 5) is 24.3. The molecule has 0 aliphatic rings. The van der Waals surface area contributed by atoms with E-state index < -0.39 is 11.6 Å². The first kappa shape index (κ1) is 21.6. The van der Waals surface area contributed by atoms with Crippen LogP contribution in [-0.4, -0.2) is 33.8 Å². The minimum atomic E-state index is -0.597. The molecule has 0 saturated heterocycles. The molecule has 2 aromatic carbocycles. The van der Waals surface area contributed by atoms with Crippen LogP contribution in [0.25, 0.3) is 16.9 Å². The van der Waals surface area contributed by atoms with E-state index in [0.717, 1.165) is 16.8 Å². The van der Waals surface area contributed by atoms with Crippen molar-refractivity contribution in [3.8, 4) is 16.9 Å². The minimum Gasteiger partial charge on any atom is -0.459 e. The number of benzene rings is 2. The van der Waals surface area contributed by atoms with Crippen LogP contribution in [-0.2, 0) is 20.7 Å². The Balaban J connectivity index is 1.80. The fourth-order valence-electron chi connectivity index (χ4n) is 2.89. The van der Waals surface area contributed by atoms with E-state index in [2.05, 4.69) is 10.4 Å². The van der Waals surface area contributed by atoms with Gasteiger partial charge in [0.1, 0.15) is 12.1 Å². The average Bonchev–Trinajstić information content (AvgIpc) is 3.10. The zero-order valence-corrected chi connectivity index (χ0v) is 17.9. The molecule has 3 rings (SSSR count). The molecule has 1 amide bonds. The molecule has 0 radical (unpaired) electrons. The van der Waals surface area contributed by atoms with Gasteiger partial charge in [0, 0.05) is 22.3 Å². The quantitative estimate of drug-likeness (QED) is 0.601. The highest BCUT2D eigenvalue weighted by Gasteiger charge is 2.19. The van der Waals surface area contributed by atoms with Gasteiger partial charge in [-0.2, -0.15) is 5.10 Å². The number of hydrogen-bond donors (Lipinski definition) is 1. The smallest absolute Gasteiger partial charge is 0.325 e. The van der Waals surface area contributed by atoms with Crippen LogP contribution in [0.15, 0.2) is 60.8 Å². The minimum absolute atomic E-state index is 0.0770. The van der Waals surface area contributed by atoms with Crippen molar-refractivity contribution in [2.75, 3.05) is 6.54 Å². The maximum Gasteiger partial charge on any atom is 0.325 e. The van der Waals surface area contributed by atoms with Gasteiger partial charge in [0.25, 0.3) is 0 Å². The van der Waals surface area contributed by atoms with Crippen molar-refractivity contribution in [1.29, 1.82) is 0 Å². The number of nitrogens with one attached hydrogen (secondary N) is 1. The normalized spacial score (nSPS) is 11.2. The third-order valence-corrected chi connectivity index (χ3v) is 4.38. The molecule has 7 heteroatoms. The standard InChI is InChI=1S/C23H24ClN3O3/c1-23(2,3)30-21(29)14-25-20(28)13-17-15-27(19-7-5-4-6-8-19)26-22(17)16-9-11-18(24)12-10-16/h4-12,15H,13-14H2,1-3H3,(H,25,28). The van der Waals surface area contributed by atoms with Crippen molar-refractivity contribution < 1.29 is 14.3 Å². The Kier molecular flexibility index (Phi) is 6.57. The molecular formula is C23H24ClN3O3. The van der Waals surface area contributed by atoms with E-state index in [1.165, 1.54) is 0 Å². The zero-order valence-electron chi connectivity index (χ0n) is 17.2. The maximum absolute atomic E-state index is 12.5. The summed E-state index contributed by atoms with van der Waals surface area (Å²) in [7, 11) is 0. The van der Waals surface area contributed by atoms with Crippen molar-refractivity contribution in [3.05, 3.63) is 71.4 Å². The SMILES string of the molecule is CC(C)(C)OC(=O)CNC(=O)Cc1cn(-c2ccccc2)nc1-c1ccc(Cl)cc1. The summed E-state index contributed by atoms with van der Waals surface area (Å²) >= 11 is 6.01. The highest BCUT2D eigenvalue weighted by molar-refractivity contribution is 6.30. The number of aromatic nitrogens is 2. The molecule has 0 aliphatic heterocycles. The van der Waals surface area contributed by atoms with E-state index in [0.29, 0.717) is 10.7 Å². The Morgan fingerprint density at radius 1 is 1.07 bits per heavy atom. The summed E-state index contributed by atoms with van der Waals surface area (Å²) in [5.41, 5.74) is 2.56. The molecule has 1 N–H and O–H groups in total. The topological polar surface area (TPSA) is 73.2 Å². The first-order valence-corrected chi connectivity index (χ1v) is 9.97. The molecule has 1 aromatic heterocycles. The van der Waals surface area contributed by atoms with Crippen LogP contribution in [0, 0.1) is 0 Å². The molecule has 0 atom stereocenters. The lowest BCUT2D eigenvalue weighted by Crippen LogP contribution is -2.35. The summed E-state index contributed by atoms with van der Waals surface area (Å²) in [6.45, 7) is 5.16. The van der Waals surface area contributed by atoms with Gasteiger partial charge in [0.2, 0.25) is 5.91 Å². The first-order valence-electron chi connectivity index (χ1n) is 9.60. The van der Waals surface area contributed by atoms with Crippen LogP contribution in [0.1, 0.15) is 26.3 Å². The predicted molar refractivity (Wildman–Crippen MR) is 117 cm³/mol. The number of para-hydroxylation sites is 1. The van der Waals surface area contributed by atoms with Crippen molar-refractivity contribution >= 4 is 23.5 Å². The number of carbonyl (C=O) groups excluding carboxylic acids is 2. The second-order valence-corrected chi connectivity index (χ2v) is 8.27. The highest BCUT2D eigenvalue weighted by atomic mass is 35.5. The fourth-order valence-corrected chi connectivity index (χ4v) is 3.01. The van der Waals surface area contributed by atoms with Crippen LogP contribution < -0.4 is 5.32 Å². The number of amides is 1. The van der Waals surface area contributed by atoms with Crippen molar-refractivity contribution in [2.24, 2.45) is 0 Å². The molecule has 0 unspecified atom stereocenters. The van der Waals surface area contributed by atoms with Gasteiger partial charge in [-0.3, -0.25) is 9.59 Å². The third-order valence-electron chi connectivity index (χ3n) is 4.13. The van der Waals surface area contributed by atoms with Gasteiger partial charge in [0.15, 0.2) is 0 Å². The lowest BCUT2D eigenvalue weighted by atomic mass is 10.1. The molecule has 0 aliphatic carbocycles. The molecule has 0 fully saturated rings. The monoisotopic (exact) mass is 425 g/mol. The van der Waals surface area contributed by atoms with Gasteiger partial charge in [-0.15, -0.1) is 0 Å². The Hall–Kier alpha value is -3.12. The van der Waals surface area contributed by atoms with Crippen LogP contribution in [0.2, 0.25) is 5.02 Å². The summed E-state index contributed by atoms with van der Waals surface area (Å²) in [5, 5.41) is 7.92. The Morgan fingerprint density at radius 2 is 1.73 bits per heavy atom. The first-order chi connectivity index (χ1) is 14.2. The third kappa shape index (κ3) is 5.94. The van der Waals surface area contributed by atoms with Gasteiger partial charge >= 0.3 is 5.97 Å². The summed E-state index contributed by atoms with van der Waals surface area (Å²) in [6.07, 6.45) is 1.90. The lowest BCUT2D eigenvalue weighted by Gasteiger charge is -2.19. The molecular weight excluding hydrogens is 402 g/mol. The number of hydrogen-bond acceptors (Lipinski definition) is 4. The van der Waals surface area contributed by atoms with E-state index in [9.17, 15) is 9.59 Å². The van der Waals surface area contributed by atoms with E-state index in [4.69, 9.17) is 16.3 Å². The van der Waals surface area contributed by atoms with E-state index in [1.54, 1.807) is 37.6 Å². The number of halogens is 1. The number of ether oxygens (including phenoxy) is 1. The maximum atomic E-state index is 12.5. The number of nitrogens with zero attached hydrogens (tertiary/aromatic N) is 2. The van der Waals surface area contributed by atoms with Crippen molar-refractivity contribution in [1.82, 2.24) is 15.1 Å². The van der Waals surface area contributed by atoms with E-state index in [-0.39, 0.29) is 18.9 Å². The molecule has 156 valence electrons. The second kappa shape index (κ2) is 9.13. The number of carbonyl (C=O) groups is 2. The molecule has 0 bridgehead atoms. The van der Waals surface area contributed by atoms with E-state index in [1.807, 2.05) is 48.7 Å². The lowest BCUT2D eigenvalue weighted by molar-refractivity contribution is -0.154. The summed E-state index contributed by atoms with van der Waals surface area (Å²) in [5.74, 6) is -0.766. The summed E-state index contributed by atoms with van der Waals surface area (Å²) < 4.78 is 6.96. The molecule has 1 heterocycles. The summed E-state index contributed by atoms with van der Waals surface area (Å²) in [6, 6.07) is 16.9. The van der Waals surface area contributed by atoms with Crippen molar-refractivity contribution in [3.63, 3.8) is 0 Å². The van der Waals surface area contributed by atoms with Crippen molar-refractivity contribution in [2.45, 2.75) is 32.8 Å². The van der Waals surface area contributed by atoms with Crippen LogP contribution in [0.4, 0.5) is 0 Å². The molecule has 0 saturated carbocycles. The molecule has 0 spiro atoms. The zero-order chi connectivity index (χ0) is 21.7. The largest absolute Gasteiger partial charge is 0.459 e. The average molecular weight is 426 g/mol. The van der Waals surface area contributed by atoms with Gasteiger partial charge in [-0.05, 0) is 45.0 Å². The number of esters is 1. The van der Waals surface area contributed by atoms with Gasteiger partial charge < -0.3 is 10.1 Å². The fraction of sp³-hybridized carbons (Fsp3) is 0.261. The predicted octanol–water partition coefficient (Wildman–Crippen LogP) is 4.19. The van der Waals surface area contributed by atoms with Gasteiger partial charge in [-0.25, -0.2) is 4.68 Å².